The van der Waals surface area contributed by atoms with Crippen LogP contribution in [0.15, 0.2) is 72.8 Å². The minimum Gasteiger partial charge on any atom is -0.489 e. The summed E-state index contributed by atoms with van der Waals surface area (Å²) >= 11 is 0. The lowest BCUT2D eigenvalue weighted by Crippen LogP contribution is -2.54. The van der Waals surface area contributed by atoms with E-state index in [-0.39, 0.29) is 23.4 Å². The molecule has 0 aromatic heterocycles. The van der Waals surface area contributed by atoms with Crippen molar-refractivity contribution in [3.05, 3.63) is 105 Å². The molecule has 33 heavy (non-hydrogen) atoms. The molecule has 0 saturated carbocycles. The first-order chi connectivity index (χ1) is 15.9. The Labute approximate surface area is 189 Å². The summed E-state index contributed by atoms with van der Waals surface area (Å²) in [6, 6.07) is 18.9. The molecule has 3 aromatic carbocycles. The molecule has 7 nitrogen and oxygen atoms in total. The Kier molecular flexibility index (Phi) is 5.09. The minimum absolute atomic E-state index is 0.0744. The first kappa shape index (κ1) is 21.1. The van der Waals surface area contributed by atoms with Crippen LogP contribution in [0.25, 0.3) is 0 Å². The average Bonchev–Trinajstić information content (AvgIpc) is 3.27. The van der Waals surface area contributed by atoms with Gasteiger partial charge in [0.2, 0.25) is 0 Å². The second-order valence-electron chi connectivity index (χ2n) is 8.45. The molecule has 0 radical (unpaired) electrons. The van der Waals surface area contributed by atoms with Gasteiger partial charge >= 0.3 is 0 Å². The average molecular weight is 447 g/mol. The van der Waals surface area contributed by atoms with Crippen molar-refractivity contribution < 1.29 is 18.8 Å². The summed E-state index contributed by atoms with van der Waals surface area (Å²) in [6.45, 7) is 1.93. The highest BCUT2D eigenvalue weighted by Crippen LogP contribution is 2.49. The summed E-state index contributed by atoms with van der Waals surface area (Å²) in [5, 5.41) is 18.4. The van der Waals surface area contributed by atoms with E-state index in [1.54, 1.807) is 66.7 Å². The number of fused-ring (bicyclic) bond motifs is 2. The maximum Gasteiger partial charge on any atom is 0.256 e. The standard InChI is InChI=1S/C25H22FN3O4/c1-15-22(16-10-12-18(13-11-16)33-14-17-6-2-4-8-20(17)26)23(29(31)32)25(28-15)19-7-3-5-9-21(19)27-24(25)30/h2-13,15,22-23,28H,14H2,1H3,(H,27,30)/t15-,22+,23-,25-/m0/s1. The van der Waals surface area contributed by atoms with Gasteiger partial charge < -0.3 is 10.1 Å². The molecule has 2 aliphatic heterocycles. The fourth-order valence-corrected chi connectivity index (χ4v) is 5.12. The number of nitro groups is 1. The molecular weight excluding hydrogens is 425 g/mol. The largest absolute Gasteiger partial charge is 0.489 e. The minimum atomic E-state index is -1.44. The van der Waals surface area contributed by atoms with Gasteiger partial charge in [0, 0.05) is 27.8 Å². The Balaban J connectivity index is 1.44. The zero-order valence-electron chi connectivity index (χ0n) is 17.8. The van der Waals surface area contributed by atoms with Gasteiger partial charge in [-0.25, -0.2) is 4.39 Å². The van der Waals surface area contributed by atoms with Crippen molar-refractivity contribution in [1.82, 2.24) is 5.32 Å². The quantitative estimate of drug-likeness (QED) is 0.456. The highest BCUT2D eigenvalue weighted by molar-refractivity contribution is 6.07. The molecule has 0 aliphatic carbocycles. The molecule has 0 unspecified atom stereocenters. The molecule has 8 heteroatoms. The van der Waals surface area contributed by atoms with E-state index in [1.807, 2.05) is 6.92 Å². The Bertz CT molecular complexity index is 1230. The van der Waals surface area contributed by atoms with E-state index in [0.29, 0.717) is 22.6 Å². The predicted octanol–water partition coefficient (Wildman–Crippen LogP) is 3.97. The molecule has 168 valence electrons. The number of carbonyl (C=O) groups is 1. The number of hydrogen-bond donors (Lipinski definition) is 2. The topological polar surface area (TPSA) is 93.5 Å². The number of anilines is 1. The van der Waals surface area contributed by atoms with Crippen LogP contribution in [0.1, 0.15) is 29.5 Å². The number of hydrogen-bond acceptors (Lipinski definition) is 5. The van der Waals surface area contributed by atoms with Crippen LogP contribution in [-0.2, 0) is 16.9 Å². The normalized spacial score (nSPS) is 25.6. The molecule has 1 fully saturated rings. The number of carbonyl (C=O) groups excluding carboxylic acids is 1. The van der Waals surface area contributed by atoms with Gasteiger partial charge in [-0.05, 0) is 36.8 Å². The third kappa shape index (κ3) is 3.34. The number of para-hydroxylation sites is 1. The summed E-state index contributed by atoms with van der Waals surface area (Å²) in [7, 11) is 0. The predicted molar refractivity (Wildman–Crippen MR) is 120 cm³/mol. The Morgan fingerprint density at radius 1 is 1.06 bits per heavy atom. The van der Waals surface area contributed by atoms with Crippen molar-refractivity contribution in [2.75, 3.05) is 5.32 Å². The number of amides is 1. The first-order valence-corrected chi connectivity index (χ1v) is 10.7. The van der Waals surface area contributed by atoms with E-state index < -0.39 is 23.4 Å². The highest BCUT2D eigenvalue weighted by Gasteiger charge is 2.67. The summed E-state index contributed by atoms with van der Waals surface area (Å²) in [5.41, 5.74) is 0.910. The molecular formula is C25H22FN3O4. The lowest BCUT2D eigenvalue weighted by atomic mass is 9.78. The number of rotatable bonds is 5. The maximum atomic E-state index is 13.8. The fourth-order valence-electron chi connectivity index (χ4n) is 5.12. The number of halogens is 1. The highest BCUT2D eigenvalue weighted by atomic mass is 19.1. The Hall–Kier alpha value is -3.78. The number of nitrogens with zero attached hydrogens (tertiary/aromatic N) is 1. The van der Waals surface area contributed by atoms with Crippen molar-refractivity contribution >= 4 is 11.6 Å². The second kappa shape index (κ2) is 7.97. The molecule has 5 rings (SSSR count). The first-order valence-electron chi connectivity index (χ1n) is 10.7. The molecule has 2 heterocycles. The second-order valence-corrected chi connectivity index (χ2v) is 8.45. The summed E-state index contributed by atoms with van der Waals surface area (Å²) in [6.07, 6.45) is 0. The third-order valence-electron chi connectivity index (χ3n) is 6.58. The lowest BCUT2D eigenvalue weighted by molar-refractivity contribution is -0.532. The van der Waals surface area contributed by atoms with Crippen LogP contribution in [0.5, 0.6) is 5.75 Å². The number of nitrogens with one attached hydrogen (secondary N) is 2. The van der Waals surface area contributed by atoms with Crippen LogP contribution in [-0.4, -0.2) is 22.9 Å². The Morgan fingerprint density at radius 3 is 2.48 bits per heavy atom. The molecule has 2 N–H and O–H groups in total. The van der Waals surface area contributed by atoms with Crippen LogP contribution in [0.3, 0.4) is 0 Å². The molecule has 2 aliphatic rings. The van der Waals surface area contributed by atoms with Gasteiger partial charge in [0.25, 0.3) is 11.9 Å². The summed E-state index contributed by atoms with van der Waals surface area (Å²) in [4.78, 5) is 25.0. The number of benzene rings is 3. The van der Waals surface area contributed by atoms with Gasteiger partial charge in [-0.3, -0.25) is 20.2 Å². The Morgan fingerprint density at radius 2 is 1.76 bits per heavy atom. The SMILES string of the molecule is C[C@@H]1N[C@]2(C(=O)Nc3ccccc32)[C@@H]([N+](=O)[O-])[C@H]1c1ccc(OCc2ccccc2F)cc1. The van der Waals surface area contributed by atoms with E-state index in [4.69, 9.17) is 4.74 Å². The van der Waals surface area contributed by atoms with E-state index >= 15 is 0 Å². The number of ether oxygens (including phenoxy) is 1. The van der Waals surface area contributed by atoms with E-state index in [9.17, 15) is 19.3 Å². The van der Waals surface area contributed by atoms with E-state index in [1.165, 1.54) is 6.07 Å². The summed E-state index contributed by atoms with van der Waals surface area (Å²) < 4.78 is 19.5. The zero-order valence-corrected chi connectivity index (χ0v) is 17.8. The van der Waals surface area contributed by atoms with Crippen LogP contribution in [0.2, 0.25) is 0 Å². The van der Waals surface area contributed by atoms with Crippen LogP contribution in [0.4, 0.5) is 10.1 Å². The molecule has 4 atom stereocenters. The van der Waals surface area contributed by atoms with Gasteiger partial charge in [-0.1, -0.05) is 48.5 Å². The fraction of sp³-hybridized carbons (Fsp3) is 0.240. The zero-order chi connectivity index (χ0) is 23.2. The molecule has 1 amide bonds. The smallest absolute Gasteiger partial charge is 0.256 e. The van der Waals surface area contributed by atoms with Crippen molar-refractivity contribution in [1.29, 1.82) is 0 Å². The van der Waals surface area contributed by atoms with Crippen molar-refractivity contribution in [2.24, 2.45) is 0 Å². The summed E-state index contributed by atoms with van der Waals surface area (Å²) in [5.74, 6) is -0.770. The van der Waals surface area contributed by atoms with E-state index in [2.05, 4.69) is 10.6 Å². The molecule has 0 bridgehead atoms. The van der Waals surface area contributed by atoms with Gasteiger partial charge in [-0.2, -0.15) is 0 Å². The van der Waals surface area contributed by atoms with Gasteiger partial charge in [0.05, 0.1) is 5.92 Å². The molecule has 3 aromatic rings. The van der Waals surface area contributed by atoms with Gasteiger partial charge in [-0.15, -0.1) is 0 Å². The third-order valence-corrected chi connectivity index (χ3v) is 6.58. The van der Waals surface area contributed by atoms with E-state index in [0.717, 1.165) is 5.56 Å². The van der Waals surface area contributed by atoms with Crippen LogP contribution < -0.4 is 15.4 Å². The van der Waals surface area contributed by atoms with Gasteiger partial charge in [0.1, 0.15) is 18.2 Å². The molecule has 1 saturated heterocycles. The van der Waals surface area contributed by atoms with Crippen molar-refractivity contribution in [3.8, 4) is 5.75 Å². The van der Waals surface area contributed by atoms with Crippen molar-refractivity contribution in [2.45, 2.75) is 37.1 Å². The van der Waals surface area contributed by atoms with Gasteiger partial charge in [0.15, 0.2) is 5.54 Å². The lowest BCUT2D eigenvalue weighted by Gasteiger charge is -2.25. The maximum absolute atomic E-state index is 13.8. The van der Waals surface area contributed by atoms with Crippen LogP contribution >= 0.6 is 0 Å². The molecule has 1 spiro atoms. The van der Waals surface area contributed by atoms with Crippen LogP contribution in [0, 0.1) is 15.9 Å². The van der Waals surface area contributed by atoms with Crippen molar-refractivity contribution in [3.63, 3.8) is 0 Å². The monoisotopic (exact) mass is 447 g/mol.